The van der Waals surface area contributed by atoms with Gasteiger partial charge in [0.15, 0.2) is 0 Å². The lowest BCUT2D eigenvalue weighted by Gasteiger charge is -2.16. The molecule has 29 heavy (non-hydrogen) atoms. The van der Waals surface area contributed by atoms with Gasteiger partial charge in [-0.05, 0) is 48.5 Å². The molecule has 0 atom stereocenters. The van der Waals surface area contributed by atoms with Crippen LogP contribution in [0.15, 0.2) is 78.9 Å². The Morgan fingerprint density at radius 2 is 1.34 bits per heavy atom. The Balaban J connectivity index is 1.47. The summed E-state index contributed by atoms with van der Waals surface area (Å²) in [7, 11) is 1.67. The lowest BCUT2D eigenvalue weighted by molar-refractivity contribution is -0.119. The summed E-state index contributed by atoms with van der Waals surface area (Å²) >= 11 is 0. The first kappa shape index (κ1) is 20.2. The van der Waals surface area contributed by atoms with Crippen molar-refractivity contribution in [1.82, 2.24) is 4.90 Å². The van der Waals surface area contributed by atoms with Gasteiger partial charge >= 0.3 is 0 Å². The molecule has 0 unspecified atom stereocenters. The average Bonchev–Trinajstić information content (AvgIpc) is 2.69. The number of hydrogen-bond donors (Lipinski definition) is 2. The number of likely N-dealkylation sites (N-methyl/N-ethyl adjacent to an activating group) is 1. The molecule has 2 amide bonds. The first-order valence-corrected chi connectivity index (χ1v) is 9.19. The number of rotatable bonds is 7. The van der Waals surface area contributed by atoms with Crippen LogP contribution in [0.2, 0.25) is 0 Å². The van der Waals surface area contributed by atoms with Crippen molar-refractivity contribution in [2.75, 3.05) is 30.8 Å². The number of amides is 2. The summed E-state index contributed by atoms with van der Waals surface area (Å²) in [5.74, 6) is -0.967. The van der Waals surface area contributed by atoms with E-state index in [2.05, 4.69) is 10.6 Å². The van der Waals surface area contributed by atoms with Crippen LogP contribution in [0, 0.1) is 5.82 Å². The van der Waals surface area contributed by atoms with E-state index in [0.29, 0.717) is 11.4 Å². The Morgan fingerprint density at radius 1 is 0.759 bits per heavy atom. The fourth-order valence-electron chi connectivity index (χ4n) is 2.89. The van der Waals surface area contributed by atoms with Crippen LogP contribution in [0.25, 0.3) is 11.1 Å². The summed E-state index contributed by atoms with van der Waals surface area (Å²) in [5.41, 5.74) is 3.24. The minimum absolute atomic E-state index is 0.0108. The molecule has 3 rings (SSSR count). The Kier molecular flexibility index (Phi) is 6.71. The van der Waals surface area contributed by atoms with Crippen LogP contribution in [0.5, 0.6) is 0 Å². The van der Waals surface area contributed by atoms with Gasteiger partial charge in [-0.1, -0.05) is 48.5 Å². The Bertz CT molecular complexity index is 975. The van der Waals surface area contributed by atoms with Crippen LogP contribution in [-0.2, 0) is 9.59 Å². The van der Waals surface area contributed by atoms with E-state index >= 15 is 0 Å². The highest BCUT2D eigenvalue weighted by atomic mass is 19.1. The van der Waals surface area contributed by atoms with Gasteiger partial charge in [0.25, 0.3) is 0 Å². The number of nitrogens with one attached hydrogen (secondary N) is 2. The van der Waals surface area contributed by atoms with Gasteiger partial charge in [0.2, 0.25) is 11.8 Å². The summed E-state index contributed by atoms with van der Waals surface area (Å²) in [6.07, 6.45) is 0. The van der Waals surface area contributed by atoms with E-state index < -0.39 is 5.82 Å². The molecular weight excluding hydrogens is 369 g/mol. The highest BCUT2D eigenvalue weighted by molar-refractivity contribution is 5.94. The van der Waals surface area contributed by atoms with Crippen molar-refractivity contribution in [1.29, 1.82) is 0 Å². The summed E-state index contributed by atoms with van der Waals surface area (Å²) in [5, 5.41) is 5.43. The Labute approximate surface area is 169 Å². The summed E-state index contributed by atoms with van der Waals surface area (Å²) in [6.45, 7) is 0.0634. The molecule has 0 saturated carbocycles. The van der Waals surface area contributed by atoms with Crippen LogP contribution in [0.4, 0.5) is 15.8 Å². The van der Waals surface area contributed by atoms with Crippen molar-refractivity contribution in [3.8, 4) is 11.1 Å². The number of hydrogen-bond acceptors (Lipinski definition) is 3. The zero-order valence-corrected chi connectivity index (χ0v) is 16.1. The second kappa shape index (κ2) is 9.61. The monoisotopic (exact) mass is 391 g/mol. The van der Waals surface area contributed by atoms with Gasteiger partial charge in [0.1, 0.15) is 5.82 Å². The molecule has 0 aliphatic heterocycles. The van der Waals surface area contributed by atoms with Gasteiger partial charge in [-0.25, -0.2) is 4.39 Å². The van der Waals surface area contributed by atoms with Crippen LogP contribution >= 0.6 is 0 Å². The van der Waals surface area contributed by atoms with Gasteiger partial charge in [0.05, 0.1) is 13.1 Å². The number of nitrogens with zero attached hydrogens (tertiary/aromatic N) is 1. The summed E-state index contributed by atoms with van der Waals surface area (Å²) in [4.78, 5) is 25.9. The van der Waals surface area contributed by atoms with Crippen molar-refractivity contribution in [3.05, 3.63) is 84.7 Å². The van der Waals surface area contributed by atoms with Crippen molar-refractivity contribution in [3.63, 3.8) is 0 Å². The molecule has 2 N–H and O–H groups in total. The molecule has 3 aromatic rings. The predicted molar refractivity (Wildman–Crippen MR) is 113 cm³/mol. The van der Waals surface area contributed by atoms with E-state index in [-0.39, 0.29) is 24.9 Å². The van der Waals surface area contributed by atoms with E-state index in [1.807, 2.05) is 54.6 Å². The standard InChI is InChI=1S/C23H22FN3O2/c1-27(16-23(29)26-21-9-5-8-19(24)14-21)15-22(28)25-20-12-10-18(11-13-20)17-6-3-2-4-7-17/h2-14H,15-16H2,1H3,(H,25,28)(H,26,29). The number of benzene rings is 3. The number of carbonyl (C=O) groups is 2. The summed E-state index contributed by atoms with van der Waals surface area (Å²) < 4.78 is 13.2. The van der Waals surface area contributed by atoms with Gasteiger partial charge in [-0.15, -0.1) is 0 Å². The first-order valence-electron chi connectivity index (χ1n) is 9.19. The lowest BCUT2D eigenvalue weighted by atomic mass is 10.1. The maximum absolute atomic E-state index is 13.2. The van der Waals surface area contributed by atoms with Crippen LogP contribution in [0.1, 0.15) is 0 Å². The maximum atomic E-state index is 13.2. The molecule has 6 heteroatoms. The lowest BCUT2D eigenvalue weighted by Crippen LogP contribution is -2.36. The molecule has 0 bridgehead atoms. The number of halogens is 1. The molecule has 0 aliphatic rings. The van der Waals surface area contributed by atoms with Crippen molar-refractivity contribution >= 4 is 23.2 Å². The Hall–Kier alpha value is -3.51. The minimum Gasteiger partial charge on any atom is -0.325 e. The normalized spacial score (nSPS) is 10.6. The van der Waals surface area contributed by atoms with E-state index in [1.165, 1.54) is 18.2 Å². The first-order chi connectivity index (χ1) is 14.0. The second-order valence-electron chi connectivity index (χ2n) is 6.72. The third kappa shape index (κ3) is 6.26. The molecule has 0 saturated heterocycles. The molecule has 0 aromatic heterocycles. The SMILES string of the molecule is CN(CC(=O)Nc1ccc(-c2ccccc2)cc1)CC(=O)Nc1cccc(F)c1. The molecule has 0 radical (unpaired) electrons. The number of anilines is 2. The smallest absolute Gasteiger partial charge is 0.238 e. The van der Waals surface area contributed by atoms with E-state index in [1.54, 1.807) is 18.0 Å². The van der Waals surface area contributed by atoms with Gasteiger partial charge in [-0.2, -0.15) is 0 Å². The second-order valence-corrected chi connectivity index (χ2v) is 6.72. The van der Waals surface area contributed by atoms with Crippen molar-refractivity contribution in [2.24, 2.45) is 0 Å². The van der Waals surface area contributed by atoms with Gasteiger partial charge < -0.3 is 10.6 Å². The third-order valence-corrected chi connectivity index (χ3v) is 4.21. The van der Waals surface area contributed by atoms with E-state index in [9.17, 15) is 14.0 Å². The molecule has 3 aromatic carbocycles. The molecular formula is C23H22FN3O2. The molecule has 0 aliphatic carbocycles. The van der Waals surface area contributed by atoms with Crippen molar-refractivity contribution in [2.45, 2.75) is 0 Å². The fraction of sp³-hybridized carbons (Fsp3) is 0.130. The summed E-state index contributed by atoms with van der Waals surface area (Å²) in [6, 6.07) is 23.2. The zero-order chi connectivity index (χ0) is 20.6. The van der Waals surface area contributed by atoms with E-state index in [4.69, 9.17) is 0 Å². The topological polar surface area (TPSA) is 61.4 Å². The Morgan fingerprint density at radius 3 is 1.97 bits per heavy atom. The maximum Gasteiger partial charge on any atom is 0.238 e. The molecule has 5 nitrogen and oxygen atoms in total. The van der Waals surface area contributed by atoms with Gasteiger partial charge in [0, 0.05) is 11.4 Å². The zero-order valence-electron chi connectivity index (χ0n) is 16.1. The average molecular weight is 391 g/mol. The largest absolute Gasteiger partial charge is 0.325 e. The van der Waals surface area contributed by atoms with E-state index in [0.717, 1.165) is 11.1 Å². The van der Waals surface area contributed by atoms with Crippen LogP contribution in [0.3, 0.4) is 0 Å². The highest BCUT2D eigenvalue weighted by Crippen LogP contribution is 2.21. The molecule has 0 fully saturated rings. The quantitative estimate of drug-likeness (QED) is 0.640. The number of carbonyl (C=O) groups excluding carboxylic acids is 2. The highest BCUT2D eigenvalue weighted by Gasteiger charge is 2.11. The minimum atomic E-state index is -0.422. The van der Waals surface area contributed by atoms with Crippen LogP contribution in [-0.4, -0.2) is 36.9 Å². The third-order valence-electron chi connectivity index (χ3n) is 4.21. The molecule has 148 valence electrons. The molecule has 0 spiro atoms. The van der Waals surface area contributed by atoms with Crippen LogP contribution < -0.4 is 10.6 Å². The molecule has 0 heterocycles. The predicted octanol–water partition coefficient (Wildman–Crippen LogP) is 4.00. The van der Waals surface area contributed by atoms with Gasteiger partial charge in [-0.3, -0.25) is 14.5 Å². The fourth-order valence-corrected chi connectivity index (χ4v) is 2.89. The van der Waals surface area contributed by atoms with Crippen molar-refractivity contribution < 1.29 is 14.0 Å².